The third-order valence-corrected chi connectivity index (χ3v) is 4.41. The van der Waals surface area contributed by atoms with Gasteiger partial charge in [-0.15, -0.1) is 0 Å². The predicted octanol–water partition coefficient (Wildman–Crippen LogP) is 1.39. The first-order chi connectivity index (χ1) is 8.24. The molecule has 0 aromatic carbocycles. The normalized spacial score (nSPS) is 20.4. The Hall–Kier alpha value is -0.590. The molecular weight excluding hydrogens is 304 g/mol. The van der Waals surface area contributed by atoms with E-state index in [-0.39, 0.29) is 18.6 Å². The summed E-state index contributed by atoms with van der Waals surface area (Å²) < 4.78 is 0.555. The summed E-state index contributed by atoms with van der Waals surface area (Å²) in [6.07, 6.45) is 1.64. The highest BCUT2D eigenvalue weighted by Gasteiger charge is 2.28. The number of aromatic nitrogens is 1. The first-order valence-electron chi connectivity index (χ1n) is 5.34. The van der Waals surface area contributed by atoms with Crippen molar-refractivity contribution in [3.8, 4) is 0 Å². The number of aliphatic hydroxyl groups is 1. The van der Waals surface area contributed by atoms with E-state index in [9.17, 15) is 9.90 Å². The lowest BCUT2D eigenvalue weighted by Gasteiger charge is -2.34. The Morgan fingerprint density at radius 1 is 1.71 bits per heavy atom. The van der Waals surface area contributed by atoms with E-state index >= 15 is 0 Å². The van der Waals surface area contributed by atoms with Gasteiger partial charge in [-0.3, -0.25) is 4.79 Å². The van der Waals surface area contributed by atoms with Gasteiger partial charge in [-0.25, -0.2) is 4.98 Å². The van der Waals surface area contributed by atoms with Gasteiger partial charge in [-0.05, 0) is 28.1 Å². The van der Waals surface area contributed by atoms with E-state index < -0.39 is 0 Å². The molecule has 0 spiro atoms. The van der Waals surface area contributed by atoms with Crippen molar-refractivity contribution in [3.05, 3.63) is 28.5 Å². The smallest absolute Gasteiger partial charge is 0.256 e. The molecule has 2 heterocycles. The number of aliphatic hydroxyl groups excluding tert-OH is 1. The van der Waals surface area contributed by atoms with E-state index in [2.05, 4.69) is 20.9 Å². The molecule has 0 aliphatic carbocycles. The number of hydrogen-bond donors (Lipinski definition) is 1. The third-order valence-electron chi connectivity index (χ3n) is 2.69. The second-order valence-electron chi connectivity index (χ2n) is 3.75. The summed E-state index contributed by atoms with van der Waals surface area (Å²) in [5.74, 6) is 1.64. The Morgan fingerprint density at radius 3 is 3.24 bits per heavy atom. The van der Waals surface area contributed by atoms with Crippen LogP contribution in [-0.2, 0) is 0 Å². The summed E-state index contributed by atoms with van der Waals surface area (Å²) in [5, 5.41) is 9.29. The second kappa shape index (κ2) is 5.84. The van der Waals surface area contributed by atoms with Crippen molar-refractivity contribution in [2.24, 2.45) is 0 Å². The molecule has 1 aliphatic heterocycles. The summed E-state index contributed by atoms with van der Waals surface area (Å²) in [7, 11) is 0. The van der Waals surface area contributed by atoms with Crippen LogP contribution in [-0.4, -0.2) is 51.6 Å². The van der Waals surface area contributed by atoms with E-state index in [4.69, 9.17) is 0 Å². The maximum absolute atomic E-state index is 12.3. The van der Waals surface area contributed by atoms with E-state index in [1.807, 2.05) is 0 Å². The Bertz CT molecular complexity index is 416. The van der Waals surface area contributed by atoms with E-state index in [0.29, 0.717) is 16.7 Å². The maximum atomic E-state index is 12.3. The number of pyridine rings is 1. The van der Waals surface area contributed by atoms with Gasteiger partial charge < -0.3 is 10.0 Å². The summed E-state index contributed by atoms with van der Waals surface area (Å²) in [6, 6.07) is 3.40. The Kier molecular flexibility index (Phi) is 4.42. The molecule has 1 unspecified atom stereocenters. The lowest BCUT2D eigenvalue weighted by Crippen LogP contribution is -2.48. The van der Waals surface area contributed by atoms with Crippen molar-refractivity contribution in [3.63, 3.8) is 0 Å². The number of thioether (sulfide) groups is 1. The standard InChI is InChI=1S/C11H13BrN2O2S/c12-10-9(2-1-3-13-10)11(16)14-4-5-17-7-8(14)6-15/h1-3,8,15H,4-7H2. The molecular formula is C11H13BrN2O2S. The fraction of sp³-hybridized carbons (Fsp3) is 0.455. The quantitative estimate of drug-likeness (QED) is 0.838. The molecule has 1 atom stereocenters. The zero-order valence-electron chi connectivity index (χ0n) is 9.17. The maximum Gasteiger partial charge on any atom is 0.256 e. The number of halogens is 1. The lowest BCUT2D eigenvalue weighted by atomic mass is 10.2. The molecule has 4 nitrogen and oxygen atoms in total. The third kappa shape index (κ3) is 2.81. The van der Waals surface area contributed by atoms with Crippen molar-refractivity contribution in [1.29, 1.82) is 0 Å². The molecule has 1 aliphatic rings. The molecule has 1 aromatic heterocycles. The summed E-state index contributed by atoms with van der Waals surface area (Å²) in [4.78, 5) is 18.1. The number of amides is 1. The minimum Gasteiger partial charge on any atom is -0.394 e. The average molecular weight is 317 g/mol. The zero-order valence-corrected chi connectivity index (χ0v) is 11.6. The molecule has 1 amide bonds. The number of carbonyl (C=O) groups excluding carboxylic acids is 1. The highest BCUT2D eigenvalue weighted by molar-refractivity contribution is 9.10. The fourth-order valence-electron chi connectivity index (χ4n) is 1.77. The molecule has 1 saturated heterocycles. The molecule has 92 valence electrons. The Balaban J connectivity index is 2.21. The van der Waals surface area contributed by atoms with Crippen molar-refractivity contribution in [1.82, 2.24) is 9.88 Å². The van der Waals surface area contributed by atoms with Crippen molar-refractivity contribution < 1.29 is 9.90 Å². The van der Waals surface area contributed by atoms with Crippen LogP contribution in [0.5, 0.6) is 0 Å². The van der Waals surface area contributed by atoms with Crippen LogP contribution in [0, 0.1) is 0 Å². The van der Waals surface area contributed by atoms with Crippen LogP contribution in [0.15, 0.2) is 22.9 Å². The number of hydrogen-bond acceptors (Lipinski definition) is 4. The summed E-state index contributed by atoms with van der Waals surface area (Å²) in [6.45, 7) is 0.687. The highest BCUT2D eigenvalue weighted by Crippen LogP contribution is 2.21. The van der Waals surface area contributed by atoms with Gasteiger partial charge >= 0.3 is 0 Å². The summed E-state index contributed by atoms with van der Waals surface area (Å²) in [5.41, 5.74) is 0.554. The monoisotopic (exact) mass is 316 g/mol. The molecule has 0 saturated carbocycles. The van der Waals surface area contributed by atoms with Gasteiger partial charge in [0.2, 0.25) is 0 Å². The van der Waals surface area contributed by atoms with Crippen LogP contribution in [0.3, 0.4) is 0 Å². The number of nitrogens with zero attached hydrogens (tertiary/aromatic N) is 2. The molecule has 1 aromatic rings. The topological polar surface area (TPSA) is 53.4 Å². The molecule has 0 bridgehead atoms. The molecule has 2 rings (SSSR count). The van der Waals surface area contributed by atoms with Gasteiger partial charge in [0, 0.05) is 24.2 Å². The van der Waals surface area contributed by atoms with Crippen molar-refractivity contribution in [2.45, 2.75) is 6.04 Å². The first-order valence-corrected chi connectivity index (χ1v) is 7.29. The largest absolute Gasteiger partial charge is 0.394 e. The lowest BCUT2D eigenvalue weighted by molar-refractivity contribution is 0.0630. The molecule has 17 heavy (non-hydrogen) atoms. The van der Waals surface area contributed by atoms with Crippen molar-refractivity contribution >= 4 is 33.6 Å². The molecule has 1 N–H and O–H groups in total. The van der Waals surface area contributed by atoms with E-state index in [1.54, 1.807) is 35.0 Å². The van der Waals surface area contributed by atoms with Crippen LogP contribution in [0.25, 0.3) is 0 Å². The van der Waals surface area contributed by atoms with E-state index in [1.165, 1.54) is 0 Å². The van der Waals surface area contributed by atoms with Crippen LogP contribution < -0.4 is 0 Å². The first kappa shape index (κ1) is 12.9. The minimum absolute atomic E-state index is 0.0105. The minimum atomic E-state index is -0.0895. The molecule has 6 heteroatoms. The zero-order chi connectivity index (χ0) is 12.3. The molecule has 0 radical (unpaired) electrons. The van der Waals surface area contributed by atoms with Gasteiger partial charge in [-0.1, -0.05) is 0 Å². The van der Waals surface area contributed by atoms with Crippen LogP contribution in [0.1, 0.15) is 10.4 Å². The van der Waals surface area contributed by atoms with Crippen LogP contribution in [0.4, 0.5) is 0 Å². The predicted molar refractivity (Wildman–Crippen MR) is 71.2 cm³/mol. The van der Waals surface area contributed by atoms with Gasteiger partial charge in [0.1, 0.15) is 4.60 Å². The molecule has 1 fully saturated rings. The highest BCUT2D eigenvalue weighted by atomic mass is 79.9. The van der Waals surface area contributed by atoms with E-state index in [0.717, 1.165) is 11.5 Å². The Labute approximate surface area is 113 Å². The fourth-order valence-corrected chi connectivity index (χ4v) is 3.24. The Morgan fingerprint density at radius 2 is 2.53 bits per heavy atom. The van der Waals surface area contributed by atoms with Gasteiger partial charge in [0.05, 0.1) is 18.2 Å². The number of rotatable bonds is 2. The van der Waals surface area contributed by atoms with Gasteiger partial charge in [0.25, 0.3) is 5.91 Å². The average Bonchev–Trinajstić information content (AvgIpc) is 2.38. The van der Waals surface area contributed by atoms with Crippen LogP contribution >= 0.6 is 27.7 Å². The second-order valence-corrected chi connectivity index (χ2v) is 5.65. The van der Waals surface area contributed by atoms with Gasteiger partial charge in [-0.2, -0.15) is 11.8 Å². The van der Waals surface area contributed by atoms with Gasteiger partial charge in [0.15, 0.2) is 0 Å². The SMILES string of the molecule is O=C(c1cccnc1Br)N1CCSCC1CO. The van der Waals surface area contributed by atoms with Crippen molar-refractivity contribution in [2.75, 3.05) is 24.7 Å². The number of carbonyl (C=O) groups is 1. The summed E-state index contributed by atoms with van der Waals surface area (Å²) >= 11 is 5.05. The van der Waals surface area contributed by atoms with Crippen LogP contribution in [0.2, 0.25) is 0 Å².